The first-order chi connectivity index (χ1) is 8.64. The van der Waals surface area contributed by atoms with Crippen LogP contribution in [0.2, 0.25) is 0 Å². The largest absolute Gasteiger partial charge is 0.352 e. The van der Waals surface area contributed by atoms with Gasteiger partial charge in [0.1, 0.15) is 0 Å². The molecule has 1 aliphatic heterocycles. The van der Waals surface area contributed by atoms with Gasteiger partial charge >= 0.3 is 0 Å². The molecule has 4 nitrogen and oxygen atoms in total. The third kappa shape index (κ3) is 2.69. The van der Waals surface area contributed by atoms with Crippen molar-refractivity contribution >= 4 is 5.91 Å². The molecule has 0 spiro atoms. The lowest BCUT2D eigenvalue weighted by Crippen LogP contribution is -2.40. The van der Waals surface area contributed by atoms with Crippen LogP contribution in [-0.4, -0.2) is 19.0 Å². The minimum Gasteiger partial charge on any atom is -0.352 e. The predicted octanol–water partition coefficient (Wildman–Crippen LogP) is 1.17. The molecule has 94 valence electrons. The highest BCUT2D eigenvalue weighted by Gasteiger charge is 2.35. The predicted molar refractivity (Wildman–Crippen MR) is 68.6 cm³/mol. The van der Waals surface area contributed by atoms with Crippen molar-refractivity contribution in [1.29, 1.82) is 5.26 Å². The Morgan fingerprint density at radius 1 is 1.61 bits per heavy atom. The third-order valence-electron chi connectivity index (χ3n) is 3.43. The maximum atomic E-state index is 12.1. The molecule has 1 fully saturated rings. The lowest BCUT2D eigenvalue weighted by molar-refractivity contribution is -0.129. The number of rotatable bonds is 3. The van der Waals surface area contributed by atoms with Crippen LogP contribution in [0.25, 0.3) is 0 Å². The highest BCUT2D eigenvalue weighted by Crippen LogP contribution is 2.24. The molecule has 0 saturated carbocycles. The van der Waals surface area contributed by atoms with E-state index in [1.165, 1.54) is 0 Å². The molecule has 0 aromatic heterocycles. The second-order valence-electron chi connectivity index (χ2n) is 4.98. The van der Waals surface area contributed by atoms with Crippen LogP contribution in [0.3, 0.4) is 0 Å². The molecule has 2 rings (SSSR count). The van der Waals surface area contributed by atoms with E-state index < -0.39 is 0 Å². The molecule has 0 radical (unpaired) electrons. The van der Waals surface area contributed by atoms with E-state index in [-0.39, 0.29) is 11.3 Å². The van der Waals surface area contributed by atoms with E-state index in [2.05, 4.69) is 16.7 Å². The quantitative estimate of drug-likeness (QED) is 0.837. The summed E-state index contributed by atoms with van der Waals surface area (Å²) in [6, 6.07) is 9.40. The Balaban J connectivity index is 1.95. The van der Waals surface area contributed by atoms with Crippen molar-refractivity contribution in [2.75, 3.05) is 13.1 Å². The number of nitriles is 1. The van der Waals surface area contributed by atoms with Crippen LogP contribution in [0.15, 0.2) is 24.3 Å². The van der Waals surface area contributed by atoms with E-state index in [9.17, 15) is 4.79 Å². The van der Waals surface area contributed by atoms with E-state index in [1.54, 1.807) is 12.1 Å². The Morgan fingerprint density at radius 3 is 3.11 bits per heavy atom. The summed E-state index contributed by atoms with van der Waals surface area (Å²) in [4.78, 5) is 12.1. The average molecular weight is 243 g/mol. The minimum atomic E-state index is -0.299. The molecule has 1 aromatic rings. The fourth-order valence-corrected chi connectivity index (χ4v) is 2.16. The van der Waals surface area contributed by atoms with Gasteiger partial charge in [-0.3, -0.25) is 4.79 Å². The van der Waals surface area contributed by atoms with Gasteiger partial charge < -0.3 is 10.6 Å². The molecule has 1 saturated heterocycles. The van der Waals surface area contributed by atoms with Crippen molar-refractivity contribution in [2.45, 2.75) is 19.9 Å². The molecule has 18 heavy (non-hydrogen) atoms. The molecular formula is C14H17N3O. The summed E-state index contributed by atoms with van der Waals surface area (Å²) in [5.74, 6) is 0.0786. The molecule has 1 unspecified atom stereocenters. The highest BCUT2D eigenvalue weighted by atomic mass is 16.2. The zero-order valence-corrected chi connectivity index (χ0v) is 10.5. The first-order valence-corrected chi connectivity index (χ1v) is 6.12. The molecular weight excluding hydrogens is 226 g/mol. The van der Waals surface area contributed by atoms with E-state index in [0.29, 0.717) is 12.1 Å². The van der Waals surface area contributed by atoms with E-state index >= 15 is 0 Å². The van der Waals surface area contributed by atoms with Crippen LogP contribution in [-0.2, 0) is 11.3 Å². The number of hydrogen-bond acceptors (Lipinski definition) is 3. The third-order valence-corrected chi connectivity index (χ3v) is 3.43. The molecule has 1 amide bonds. The number of carbonyl (C=O) groups is 1. The smallest absolute Gasteiger partial charge is 0.227 e. The summed E-state index contributed by atoms with van der Waals surface area (Å²) < 4.78 is 0. The summed E-state index contributed by atoms with van der Waals surface area (Å²) in [5, 5.41) is 15.0. The van der Waals surface area contributed by atoms with E-state index in [0.717, 1.165) is 25.1 Å². The highest BCUT2D eigenvalue weighted by molar-refractivity contribution is 5.82. The lowest BCUT2D eigenvalue weighted by atomic mass is 9.89. The molecule has 0 aliphatic carbocycles. The van der Waals surface area contributed by atoms with E-state index in [4.69, 9.17) is 5.26 Å². The first kappa shape index (κ1) is 12.6. The minimum absolute atomic E-state index is 0.0786. The zero-order valence-electron chi connectivity index (χ0n) is 10.5. The number of benzene rings is 1. The lowest BCUT2D eigenvalue weighted by Gasteiger charge is -2.21. The number of nitrogens with one attached hydrogen (secondary N) is 2. The van der Waals surface area contributed by atoms with Crippen LogP contribution in [0.5, 0.6) is 0 Å². The van der Waals surface area contributed by atoms with Crippen LogP contribution < -0.4 is 10.6 Å². The van der Waals surface area contributed by atoms with Crippen molar-refractivity contribution in [3.05, 3.63) is 35.4 Å². The van der Waals surface area contributed by atoms with Crippen molar-refractivity contribution < 1.29 is 4.79 Å². The van der Waals surface area contributed by atoms with Crippen molar-refractivity contribution in [3.8, 4) is 6.07 Å². The summed E-state index contributed by atoms with van der Waals surface area (Å²) in [7, 11) is 0. The topological polar surface area (TPSA) is 64.9 Å². The van der Waals surface area contributed by atoms with Gasteiger partial charge in [-0.05, 0) is 37.6 Å². The van der Waals surface area contributed by atoms with Gasteiger partial charge in [0.05, 0.1) is 17.0 Å². The maximum Gasteiger partial charge on any atom is 0.227 e. The van der Waals surface area contributed by atoms with Crippen LogP contribution >= 0.6 is 0 Å². The molecule has 1 aliphatic rings. The molecule has 4 heteroatoms. The van der Waals surface area contributed by atoms with Crippen LogP contribution in [0.4, 0.5) is 0 Å². The summed E-state index contributed by atoms with van der Waals surface area (Å²) in [6.07, 6.45) is 0.872. The monoisotopic (exact) mass is 243 g/mol. The van der Waals surface area contributed by atoms with Gasteiger partial charge in [0.25, 0.3) is 0 Å². The fourth-order valence-electron chi connectivity index (χ4n) is 2.16. The Hall–Kier alpha value is -1.86. The van der Waals surface area contributed by atoms with Crippen LogP contribution in [0.1, 0.15) is 24.5 Å². The number of amides is 1. The SMILES string of the molecule is CC1(C(=O)NCc2cccc(C#N)c2)CCNC1. The Morgan fingerprint density at radius 2 is 2.44 bits per heavy atom. The van der Waals surface area contributed by atoms with Crippen molar-refractivity contribution in [3.63, 3.8) is 0 Å². The summed E-state index contributed by atoms with van der Waals surface area (Å²) >= 11 is 0. The van der Waals surface area contributed by atoms with Gasteiger partial charge in [-0.2, -0.15) is 5.26 Å². The van der Waals surface area contributed by atoms with Gasteiger partial charge in [0.15, 0.2) is 0 Å². The molecule has 2 N–H and O–H groups in total. The zero-order chi connectivity index (χ0) is 13.0. The fraction of sp³-hybridized carbons (Fsp3) is 0.429. The number of carbonyl (C=O) groups excluding carboxylic acids is 1. The van der Waals surface area contributed by atoms with Gasteiger partial charge in [0.2, 0.25) is 5.91 Å². The average Bonchev–Trinajstić information content (AvgIpc) is 2.84. The van der Waals surface area contributed by atoms with Gasteiger partial charge in [0, 0.05) is 13.1 Å². The second-order valence-corrected chi connectivity index (χ2v) is 4.98. The standard InChI is InChI=1S/C14H17N3O/c1-14(5-6-16-10-14)13(18)17-9-12-4-2-3-11(7-12)8-15/h2-4,7,16H,5-6,9-10H2,1H3,(H,17,18). The van der Waals surface area contributed by atoms with Gasteiger partial charge in [-0.1, -0.05) is 12.1 Å². The van der Waals surface area contributed by atoms with Crippen molar-refractivity contribution in [1.82, 2.24) is 10.6 Å². The molecule has 1 aromatic carbocycles. The van der Waals surface area contributed by atoms with Gasteiger partial charge in [-0.25, -0.2) is 0 Å². The molecule has 0 bridgehead atoms. The molecule has 1 heterocycles. The van der Waals surface area contributed by atoms with Gasteiger partial charge in [-0.15, -0.1) is 0 Å². The Kier molecular flexibility index (Phi) is 3.63. The maximum absolute atomic E-state index is 12.1. The normalized spacial score (nSPS) is 22.4. The second kappa shape index (κ2) is 5.19. The number of hydrogen-bond donors (Lipinski definition) is 2. The Bertz CT molecular complexity index is 484. The first-order valence-electron chi connectivity index (χ1n) is 6.12. The number of nitrogens with zero attached hydrogens (tertiary/aromatic N) is 1. The van der Waals surface area contributed by atoms with Crippen LogP contribution in [0, 0.1) is 16.7 Å². The molecule has 1 atom stereocenters. The summed E-state index contributed by atoms with van der Waals surface area (Å²) in [5.41, 5.74) is 1.28. The van der Waals surface area contributed by atoms with Crippen molar-refractivity contribution in [2.24, 2.45) is 5.41 Å². The summed E-state index contributed by atoms with van der Waals surface area (Å²) in [6.45, 7) is 4.09. The van der Waals surface area contributed by atoms with E-state index in [1.807, 2.05) is 19.1 Å². The Labute approximate surface area is 107 Å².